The molecule has 3 nitrogen and oxygen atoms in total. The molecule has 0 saturated heterocycles. The Hall–Kier alpha value is -0.995. The van der Waals surface area contributed by atoms with Crippen molar-refractivity contribution >= 4 is 7.12 Å². The lowest BCUT2D eigenvalue weighted by molar-refractivity contribution is 0.417. The first kappa shape index (κ1) is 7.64. The molecule has 0 aromatic heterocycles. The van der Waals surface area contributed by atoms with E-state index >= 15 is 0 Å². The molecule has 62 valence electrons. The Morgan fingerprint density at radius 1 is 1.33 bits per heavy atom. The number of allylic oxidation sites excluding steroid dienone is 3. The van der Waals surface area contributed by atoms with Gasteiger partial charge in [0.05, 0.1) is 0 Å². The van der Waals surface area contributed by atoms with Crippen LogP contribution in [0.2, 0.25) is 0 Å². The van der Waals surface area contributed by atoms with E-state index in [2.05, 4.69) is 6.08 Å². The van der Waals surface area contributed by atoms with Crippen LogP contribution in [0.3, 0.4) is 0 Å². The van der Waals surface area contributed by atoms with E-state index < -0.39 is 7.12 Å². The highest BCUT2D eigenvalue weighted by Gasteiger charge is 2.20. The van der Waals surface area contributed by atoms with E-state index in [4.69, 9.17) is 10.0 Å². The Labute approximate surface area is 71.5 Å². The zero-order valence-corrected chi connectivity index (χ0v) is 6.64. The maximum absolute atomic E-state index is 8.89. The summed E-state index contributed by atoms with van der Waals surface area (Å²) in [5, 5.41) is 17.8. The molecule has 0 radical (unpaired) electrons. The first-order valence-electron chi connectivity index (χ1n) is 4.00. The maximum atomic E-state index is 8.89. The van der Waals surface area contributed by atoms with Gasteiger partial charge in [0.15, 0.2) is 0 Å². The molecule has 2 N–H and O–H groups in total. The highest BCUT2D eigenvalue weighted by Crippen LogP contribution is 2.22. The second-order valence-corrected chi connectivity index (χ2v) is 2.95. The van der Waals surface area contributed by atoms with Crippen LogP contribution in [0.4, 0.5) is 0 Å². The molecule has 0 unspecified atom stereocenters. The molecule has 0 spiro atoms. The summed E-state index contributed by atoms with van der Waals surface area (Å²) in [6.45, 7) is 0.940. The zero-order chi connectivity index (χ0) is 8.55. The number of hydrogen-bond donors (Lipinski definition) is 2. The highest BCUT2D eigenvalue weighted by atomic mass is 16.4. The Bertz CT molecular complexity index is 281. The van der Waals surface area contributed by atoms with Gasteiger partial charge in [-0.2, -0.15) is 0 Å². The smallest absolute Gasteiger partial charge is 0.423 e. The fourth-order valence-electron chi connectivity index (χ4n) is 1.46. The minimum absolute atomic E-state index is 0.550. The van der Waals surface area contributed by atoms with Gasteiger partial charge in [-0.25, -0.2) is 0 Å². The van der Waals surface area contributed by atoms with Crippen LogP contribution in [0.5, 0.6) is 0 Å². The molecule has 0 bridgehead atoms. The summed E-state index contributed by atoms with van der Waals surface area (Å²) < 4.78 is 0. The summed E-state index contributed by atoms with van der Waals surface area (Å²) in [6.07, 6.45) is 8.59. The summed E-state index contributed by atoms with van der Waals surface area (Å²) in [7, 11) is -1.36. The predicted molar refractivity (Wildman–Crippen MR) is 46.8 cm³/mol. The van der Waals surface area contributed by atoms with Gasteiger partial charge in [0.1, 0.15) is 0 Å². The Balaban J connectivity index is 2.23. The summed E-state index contributed by atoms with van der Waals surface area (Å²) in [4.78, 5) is 2.02. The lowest BCUT2D eigenvalue weighted by atomic mass is 9.79. The van der Waals surface area contributed by atoms with E-state index in [1.807, 2.05) is 11.0 Å². The first-order valence-corrected chi connectivity index (χ1v) is 4.00. The van der Waals surface area contributed by atoms with Gasteiger partial charge >= 0.3 is 7.12 Å². The monoisotopic (exact) mass is 163 g/mol. The van der Waals surface area contributed by atoms with Crippen LogP contribution < -0.4 is 0 Å². The van der Waals surface area contributed by atoms with Crippen molar-refractivity contribution in [2.45, 2.75) is 6.42 Å². The highest BCUT2D eigenvalue weighted by molar-refractivity contribution is 6.51. The first-order chi connectivity index (χ1) is 5.77. The molecule has 0 aromatic rings. The van der Waals surface area contributed by atoms with Crippen LogP contribution in [-0.4, -0.2) is 28.6 Å². The second-order valence-electron chi connectivity index (χ2n) is 2.95. The van der Waals surface area contributed by atoms with Crippen molar-refractivity contribution in [1.29, 1.82) is 0 Å². The van der Waals surface area contributed by atoms with Crippen molar-refractivity contribution in [3.8, 4) is 0 Å². The lowest BCUT2D eigenvalue weighted by Gasteiger charge is -2.20. The van der Waals surface area contributed by atoms with Crippen LogP contribution in [-0.2, 0) is 0 Å². The van der Waals surface area contributed by atoms with Gasteiger partial charge in [0, 0.05) is 18.4 Å². The van der Waals surface area contributed by atoms with Gasteiger partial charge in [-0.1, -0.05) is 12.2 Å². The Morgan fingerprint density at radius 2 is 2.17 bits per heavy atom. The zero-order valence-electron chi connectivity index (χ0n) is 6.64. The van der Waals surface area contributed by atoms with E-state index in [-0.39, 0.29) is 0 Å². The van der Waals surface area contributed by atoms with Crippen molar-refractivity contribution < 1.29 is 10.0 Å². The molecule has 4 heteroatoms. The molecule has 0 aromatic carbocycles. The van der Waals surface area contributed by atoms with Crippen molar-refractivity contribution in [2.75, 3.05) is 6.54 Å². The predicted octanol–water partition coefficient (Wildman–Crippen LogP) is 0.0417. The van der Waals surface area contributed by atoms with Gasteiger partial charge in [0.25, 0.3) is 0 Å². The minimum atomic E-state index is -1.36. The van der Waals surface area contributed by atoms with Crippen molar-refractivity contribution in [3.05, 3.63) is 35.6 Å². The molecule has 2 rings (SSSR count). The van der Waals surface area contributed by atoms with Crippen molar-refractivity contribution in [2.24, 2.45) is 0 Å². The average Bonchev–Trinajstić information content (AvgIpc) is 2.49. The van der Waals surface area contributed by atoms with Gasteiger partial charge in [0.2, 0.25) is 0 Å². The molecule has 0 aliphatic carbocycles. The van der Waals surface area contributed by atoms with E-state index in [0.29, 0.717) is 5.47 Å². The largest absolute Gasteiger partial charge is 0.489 e. The fraction of sp³-hybridized carbons (Fsp3) is 0.250. The summed E-state index contributed by atoms with van der Waals surface area (Å²) in [6, 6.07) is 0. The number of hydrogen-bond acceptors (Lipinski definition) is 3. The van der Waals surface area contributed by atoms with Crippen LogP contribution in [0.1, 0.15) is 6.42 Å². The molecule has 0 saturated carbocycles. The van der Waals surface area contributed by atoms with E-state index in [1.165, 1.54) is 0 Å². The normalized spacial score (nSPS) is 20.3. The molecular formula is C8H10BNO2. The van der Waals surface area contributed by atoms with Crippen LogP contribution >= 0.6 is 0 Å². The molecule has 12 heavy (non-hydrogen) atoms. The van der Waals surface area contributed by atoms with Crippen molar-refractivity contribution in [1.82, 2.24) is 4.90 Å². The lowest BCUT2D eigenvalue weighted by Crippen LogP contribution is -2.22. The van der Waals surface area contributed by atoms with Gasteiger partial charge in [-0.3, -0.25) is 0 Å². The van der Waals surface area contributed by atoms with Crippen molar-refractivity contribution in [3.63, 3.8) is 0 Å². The van der Waals surface area contributed by atoms with Gasteiger partial charge in [-0.05, 0) is 18.0 Å². The van der Waals surface area contributed by atoms with E-state index in [1.54, 1.807) is 12.3 Å². The third-order valence-corrected chi connectivity index (χ3v) is 2.10. The Kier molecular flexibility index (Phi) is 1.79. The summed E-state index contributed by atoms with van der Waals surface area (Å²) >= 11 is 0. The molecule has 0 amide bonds. The number of fused-ring (bicyclic) bond motifs is 1. The third kappa shape index (κ3) is 1.19. The standard InChI is InChI=1S/C8H10BNO2/c11-9(12)7-3-4-8-2-1-5-10(8)6-7/h2-4,6,11-12H,1,5H2. The molecular weight excluding hydrogens is 153 g/mol. The van der Waals surface area contributed by atoms with Crippen LogP contribution in [0.25, 0.3) is 0 Å². The summed E-state index contributed by atoms with van der Waals surface area (Å²) in [5.74, 6) is 0. The molecule has 2 heterocycles. The van der Waals surface area contributed by atoms with E-state index in [9.17, 15) is 0 Å². The summed E-state index contributed by atoms with van der Waals surface area (Å²) in [5.41, 5.74) is 1.70. The number of nitrogens with zero attached hydrogens (tertiary/aromatic N) is 1. The van der Waals surface area contributed by atoms with Crippen LogP contribution in [0.15, 0.2) is 35.6 Å². The minimum Gasteiger partial charge on any atom is -0.423 e. The SMILES string of the molecule is OB(O)C1=CN2CCC=C2C=C1. The maximum Gasteiger partial charge on any atom is 0.489 e. The van der Waals surface area contributed by atoms with Gasteiger partial charge < -0.3 is 14.9 Å². The fourth-order valence-corrected chi connectivity index (χ4v) is 1.46. The molecule has 2 aliphatic rings. The molecule has 2 aliphatic heterocycles. The van der Waals surface area contributed by atoms with E-state index in [0.717, 1.165) is 18.7 Å². The second kappa shape index (κ2) is 2.81. The van der Waals surface area contributed by atoms with Gasteiger partial charge in [-0.15, -0.1) is 0 Å². The Morgan fingerprint density at radius 3 is 2.92 bits per heavy atom. The molecule has 0 atom stereocenters. The quantitative estimate of drug-likeness (QED) is 0.536. The topological polar surface area (TPSA) is 43.7 Å². The number of rotatable bonds is 1. The molecule has 0 fully saturated rings. The van der Waals surface area contributed by atoms with Crippen LogP contribution in [0, 0.1) is 0 Å². The third-order valence-electron chi connectivity index (χ3n) is 2.10. The average molecular weight is 163 g/mol.